The molecular weight excluding hydrogens is 302 g/mol. The first-order valence-corrected chi connectivity index (χ1v) is 7.02. The molecule has 0 aliphatic rings. The van der Waals surface area contributed by atoms with Crippen LogP contribution >= 0.6 is 23.7 Å². The van der Waals surface area contributed by atoms with Crippen molar-refractivity contribution in [1.82, 2.24) is 9.88 Å². The highest BCUT2D eigenvalue weighted by Gasteiger charge is 2.18. The largest absolute Gasteiger partial charge is 0.383 e. The van der Waals surface area contributed by atoms with E-state index in [1.165, 1.54) is 11.3 Å². The maximum atomic E-state index is 12.3. The van der Waals surface area contributed by atoms with Crippen LogP contribution in [-0.4, -0.2) is 62.9 Å². The van der Waals surface area contributed by atoms with Crippen LogP contribution in [0.5, 0.6) is 0 Å². The van der Waals surface area contributed by atoms with Crippen molar-refractivity contribution < 1.29 is 14.3 Å². The van der Waals surface area contributed by atoms with Crippen LogP contribution in [0.4, 0.5) is 0 Å². The van der Waals surface area contributed by atoms with E-state index in [1.54, 1.807) is 24.5 Å². The summed E-state index contributed by atoms with van der Waals surface area (Å²) >= 11 is 1.47. The predicted octanol–water partition coefficient (Wildman–Crippen LogP) is 0.801. The van der Waals surface area contributed by atoms with Crippen LogP contribution in [0.25, 0.3) is 0 Å². The molecular formula is C12H22ClN3O3S. The molecule has 1 rings (SSSR count). The van der Waals surface area contributed by atoms with Crippen molar-refractivity contribution in [3.8, 4) is 0 Å². The number of carbonyl (C=O) groups is 1. The van der Waals surface area contributed by atoms with Gasteiger partial charge < -0.3 is 20.1 Å². The van der Waals surface area contributed by atoms with Gasteiger partial charge in [0.1, 0.15) is 5.69 Å². The second-order valence-electron chi connectivity index (χ2n) is 3.94. The topological polar surface area (TPSA) is 77.7 Å². The lowest BCUT2D eigenvalue weighted by Gasteiger charge is -2.20. The summed E-state index contributed by atoms with van der Waals surface area (Å²) in [5, 5.41) is 2.67. The number of amides is 1. The van der Waals surface area contributed by atoms with Crippen LogP contribution in [-0.2, 0) is 15.9 Å². The third-order valence-corrected chi connectivity index (χ3v) is 3.46. The van der Waals surface area contributed by atoms with E-state index in [0.717, 1.165) is 5.01 Å². The number of hydrogen-bond acceptors (Lipinski definition) is 6. The fraction of sp³-hybridized carbons (Fsp3) is 0.667. The lowest BCUT2D eigenvalue weighted by atomic mass is 10.3. The minimum Gasteiger partial charge on any atom is -0.383 e. The zero-order valence-corrected chi connectivity index (χ0v) is 13.5. The zero-order valence-electron chi connectivity index (χ0n) is 11.8. The average molecular weight is 324 g/mol. The summed E-state index contributed by atoms with van der Waals surface area (Å²) in [7, 11) is 3.22. The molecule has 8 heteroatoms. The van der Waals surface area contributed by atoms with E-state index in [0.29, 0.717) is 45.0 Å². The molecule has 2 N–H and O–H groups in total. The first-order chi connectivity index (χ1) is 9.22. The molecule has 0 saturated carbocycles. The molecule has 116 valence electrons. The van der Waals surface area contributed by atoms with Gasteiger partial charge in [0.25, 0.3) is 5.91 Å². The quantitative estimate of drug-likeness (QED) is 0.727. The van der Waals surface area contributed by atoms with Crippen molar-refractivity contribution in [2.24, 2.45) is 5.73 Å². The first kappa shape index (κ1) is 19.3. The Balaban J connectivity index is 0.00000361. The summed E-state index contributed by atoms with van der Waals surface area (Å²) in [6, 6.07) is 0. The molecule has 0 aliphatic heterocycles. The van der Waals surface area contributed by atoms with Gasteiger partial charge in [-0.25, -0.2) is 4.98 Å². The fourth-order valence-electron chi connectivity index (χ4n) is 1.53. The van der Waals surface area contributed by atoms with E-state index in [9.17, 15) is 4.79 Å². The van der Waals surface area contributed by atoms with E-state index in [-0.39, 0.29) is 18.3 Å². The lowest BCUT2D eigenvalue weighted by molar-refractivity contribution is 0.0622. The fourth-order valence-corrected chi connectivity index (χ4v) is 2.32. The molecule has 6 nitrogen and oxygen atoms in total. The highest BCUT2D eigenvalue weighted by atomic mass is 35.5. The molecule has 0 bridgehead atoms. The van der Waals surface area contributed by atoms with Gasteiger partial charge in [0.15, 0.2) is 0 Å². The number of aromatic nitrogens is 1. The van der Waals surface area contributed by atoms with Gasteiger partial charge in [-0.15, -0.1) is 23.7 Å². The van der Waals surface area contributed by atoms with Crippen molar-refractivity contribution >= 4 is 29.7 Å². The molecule has 0 spiro atoms. The van der Waals surface area contributed by atoms with Gasteiger partial charge in [-0.05, 0) is 6.54 Å². The molecule has 1 aromatic heterocycles. The monoisotopic (exact) mass is 323 g/mol. The maximum absolute atomic E-state index is 12.3. The summed E-state index contributed by atoms with van der Waals surface area (Å²) < 4.78 is 10.0. The van der Waals surface area contributed by atoms with Crippen molar-refractivity contribution in [1.29, 1.82) is 0 Å². The summed E-state index contributed by atoms with van der Waals surface area (Å²) in [4.78, 5) is 18.3. The Kier molecular flexibility index (Phi) is 10.6. The molecule has 1 heterocycles. The van der Waals surface area contributed by atoms with Crippen LogP contribution in [0.1, 0.15) is 15.5 Å². The molecule has 0 radical (unpaired) electrons. The van der Waals surface area contributed by atoms with Crippen LogP contribution < -0.4 is 5.73 Å². The molecule has 1 aromatic rings. The Bertz CT molecular complexity index is 382. The van der Waals surface area contributed by atoms with E-state index >= 15 is 0 Å². The molecule has 1 amide bonds. The smallest absolute Gasteiger partial charge is 0.273 e. The molecule has 0 fully saturated rings. The van der Waals surface area contributed by atoms with E-state index in [1.807, 2.05) is 0 Å². The predicted molar refractivity (Wildman–Crippen MR) is 81.8 cm³/mol. The highest BCUT2D eigenvalue weighted by Crippen LogP contribution is 2.12. The normalized spacial score (nSPS) is 10.2. The minimum atomic E-state index is -0.0892. The second-order valence-corrected chi connectivity index (χ2v) is 4.89. The number of halogens is 1. The number of thiazole rings is 1. The van der Waals surface area contributed by atoms with Gasteiger partial charge >= 0.3 is 0 Å². The summed E-state index contributed by atoms with van der Waals surface area (Å²) in [5.41, 5.74) is 5.95. The number of nitrogens with zero attached hydrogens (tertiary/aromatic N) is 2. The average Bonchev–Trinajstić information content (AvgIpc) is 2.87. The summed E-state index contributed by atoms with van der Waals surface area (Å²) in [5.74, 6) is -0.0892. The standard InChI is InChI=1S/C12H21N3O3S.ClH/c1-17-7-5-15(6-8-18-2)12(16)10-9-19-11(14-10)3-4-13;/h9H,3-8,13H2,1-2H3;1H. The van der Waals surface area contributed by atoms with E-state index in [4.69, 9.17) is 15.2 Å². The zero-order chi connectivity index (χ0) is 14.1. The minimum absolute atomic E-state index is 0. The Labute approximate surface area is 129 Å². The molecule has 0 unspecified atom stereocenters. The number of hydrogen-bond donors (Lipinski definition) is 1. The van der Waals surface area contributed by atoms with Crippen molar-refractivity contribution in [3.63, 3.8) is 0 Å². The molecule has 20 heavy (non-hydrogen) atoms. The molecule has 0 aromatic carbocycles. The van der Waals surface area contributed by atoms with Gasteiger partial charge in [-0.1, -0.05) is 0 Å². The highest BCUT2D eigenvalue weighted by molar-refractivity contribution is 7.09. The maximum Gasteiger partial charge on any atom is 0.273 e. The van der Waals surface area contributed by atoms with Gasteiger partial charge in [0, 0.05) is 39.1 Å². The van der Waals surface area contributed by atoms with Crippen molar-refractivity contribution in [3.05, 3.63) is 16.1 Å². The SMILES string of the molecule is COCCN(CCOC)C(=O)c1csc(CCN)n1.Cl. The Hall–Kier alpha value is -0.730. The number of methoxy groups -OCH3 is 2. The molecule has 0 aliphatic carbocycles. The van der Waals surface area contributed by atoms with E-state index < -0.39 is 0 Å². The van der Waals surface area contributed by atoms with Crippen LogP contribution in [0, 0.1) is 0 Å². The van der Waals surface area contributed by atoms with Crippen molar-refractivity contribution in [2.45, 2.75) is 6.42 Å². The number of rotatable bonds is 9. The van der Waals surface area contributed by atoms with Gasteiger partial charge in [0.2, 0.25) is 0 Å². The number of ether oxygens (including phenoxy) is 2. The Morgan fingerprint density at radius 1 is 1.35 bits per heavy atom. The number of carbonyl (C=O) groups excluding carboxylic acids is 1. The molecule has 0 saturated heterocycles. The second kappa shape index (κ2) is 11.0. The van der Waals surface area contributed by atoms with Gasteiger partial charge in [-0.3, -0.25) is 4.79 Å². The van der Waals surface area contributed by atoms with Crippen LogP contribution in [0.2, 0.25) is 0 Å². The number of nitrogens with two attached hydrogens (primary N) is 1. The van der Waals surface area contributed by atoms with Crippen LogP contribution in [0.15, 0.2) is 5.38 Å². The third-order valence-electron chi connectivity index (χ3n) is 2.55. The molecule has 0 atom stereocenters. The Morgan fingerprint density at radius 2 is 1.95 bits per heavy atom. The third kappa shape index (κ3) is 6.15. The summed E-state index contributed by atoms with van der Waals surface area (Å²) in [6.45, 7) is 2.59. The van der Waals surface area contributed by atoms with Crippen molar-refractivity contribution in [2.75, 3.05) is 47.1 Å². The lowest BCUT2D eigenvalue weighted by Crippen LogP contribution is -2.36. The van der Waals surface area contributed by atoms with E-state index in [2.05, 4.69) is 4.98 Å². The van der Waals surface area contributed by atoms with Gasteiger partial charge in [0.05, 0.1) is 18.2 Å². The Morgan fingerprint density at radius 3 is 2.45 bits per heavy atom. The van der Waals surface area contributed by atoms with Crippen LogP contribution in [0.3, 0.4) is 0 Å². The summed E-state index contributed by atoms with van der Waals surface area (Å²) in [6.07, 6.45) is 0.702. The first-order valence-electron chi connectivity index (χ1n) is 6.14. The van der Waals surface area contributed by atoms with Gasteiger partial charge in [-0.2, -0.15) is 0 Å².